The fourth-order valence-corrected chi connectivity index (χ4v) is 5.04. The molecule has 1 spiro atoms. The van der Waals surface area contributed by atoms with E-state index in [4.69, 9.17) is 11.6 Å². The highest BCUT2D eigenvalue weighted by atomic mass is 35.5. The zero-order chi connectivity index (χ0) is 20.0. The van der Waals surface area contributed by atoms with Crippen LogP contribution in [0, 0.1) is 0 Å². The molecule has 0 atom stereocenters. The summed E-state index contributed by atoms with van der Waals surface area (Å²) in [5, 5.41) is 6.18. The fourth-order valence-electron chi connectivity index (χ4n) is 4.20. The maximum absolute atomic E-state index is 11.8. The Morgan fingerprint density at radius 2 is 2.03 bits per heavy atom. The van der Waals surface area contributed by atoms with Gasteiger partial charge in [-0.25, -0.2) is 9.97 Å². The van der Waals surface area contributed by atoms with Crippen LogP contribution in [0.5, 0.6) is 0 Å². The number of thioether (sulfide) groups is 1. The minimum Gasteiger partial charge on any atom is -0.384 e. The average molecular weight is 428 g/mol. The normalized spacial score (nSPS) is 21.4. The van der Waals surface area contributed by atoms with Gasteiger partial charge in [0.25, 0.3) is 11.1 Å². The summed E-state index contributed by atoms with van der Waals surface area (Å²) in [5.74, 6) is 0.257. The molecule has 2 aromatic rings. The van der Waals surface area contributed by atoms with Crippen LogP contribution >= 0.6 is 23.4 Å². The smallest absolute Gasteiger partial charge is 0.290 e. The highest BCUT2D eigenvalue weighted by Gasteiger charge is 2.42. The van der Waals surface area contributed by atoms with E-state index in [-0.39, 0.29) is 16.6 Å². The van der Waals surface area contributed by atoms with Crippen LogP contribution in [0.25, 0.3) is 6.08 Å². The molecule has 0 unspecified atom stereocenters. The second-order valence-corrected chi connectivity index (χ2v) is 8.90. The van der Waals surface area contributed by atoms with Crippen molar-refractivity contribution in [1.29, 1.82) is 0 Å². The van der Waals surface area contributed by atoms with Gasteiger partial charge in [0.1, 0.15) is 0 Å². The molecule has 9 heteroatoms. The summed E-state index contributed by atoms with van der Waals surface area (Å²) in [6.07, 6.45) is 5.27. The second-order valence-electron chi connectivity index (χ2n) is 7.44. The number of anilines is 2. The van der Waals surface area contributed by atoms with Crippen molar-refractivity contribution < 1.29 is 9.59 Å². The number of carbonyl (C=O) groups excluding carboxylic acids is 2. The van der Waals surface area contributed by atoms with Crippen LogP contribution in [0.1, 0.15) is 24.1 Å². The first kappa shape index (κ1) is 18.4. The summed E-state index contributed by atoms with van der Waals surface area (Å²) in [6.45, 7) is 2.59. The molecule has 2 N–H and O–H groups in total. The number of fused-ring (bicyclic) bond motifs is 2. The van der Waals surface area contributed by atoms with Gasteiger partial charge in [0.05, 0.1) is 10.6 Å². The van der Waals surface area contributed by atoms with Gasteiger partial charge < -0.3 is 10.2 Å². The lowest BCUT2D eigenvalue weighted by Gasteiger charge is -2.39. The predicted octanol–water partition coefficient (Wildman–Crippen LogP) is 3.42. The maximum atomic E-state index is 11.8. The van der Waals surface area contributed by atoms with Crippen molar-refractivity contribution in [3.8, 4) is 0 Å². The Balaban J connectivity index is 1.34. The number of amides is 2. The van der Waals surface area contributed by atoms with Crippen molar-refractivity contribution >= 4 is 52.2 Å². The third-order valence-corrected chi connectivity index (χ3v) is 6.80. The minimum absolute atomic E-state index is 0.0925. The van der Waals surface area contributed by atoms with E-state index in [0.717, 1.165) is 49.3 Å². The van der Waals surface area contributed by atoms with Crippen molar-refractivity contribution in [3.05, 3.63) is 51.6 Å². The van der Waals surface area contributed by atoms with Gasteiger partial charge in [-0.2, -0.15) is 0 Å². The van der Waals surface area contributed by atoms with E-state index in [9.17, 15) is 9.59 Å². The number of aromatic nitrogens is 2. The molecule has 3 aliphatic rings. The molecular weight excluding hydrogens is 410 g/mol. The first-order valence-corrected chi connectivity index (χ1v) is 10.6. The molecule has 148 valence electrons. The van der Waals surface area contributed by atoms with Crippen LogP contribution in [-0.2, 0) is 10.2 Å². The summed E-state index contributed by atoms with van der Waals surface area (Å²) < 4.78 is 0. The lowest BCUT2D eigenvalue weighted by atomic mass is 9.74. The largest absolute Gasteiger partial charge is 0.384 e. The van der Waals surface area contributed by atoms with E-state index in [0.29, 0.717) is 16.5 Å². The molecule has 1 aromatic heterocycles. The van der Waals surface area contributed by atoms with Gasteiger partial charge in [0.2, 0.25) is 5.95 Å². The molecule has 4 heterocycles. The minimum atomic E-state index is -0.383. The van der Waals surface area contributed by atoms with Gasteiger partial charge in [-0.05, 0) is 60.5 Å². The molecule has 0 radical (unpaired) electrons. The molecule has 0 bridgehead atoms. The van der Waals surface area contributed by atoms with Gasteiger partial charge in [-0.15, -0.1) is 0 Å². The monoisotopic (exact) mass is 427 g/mol. The van der Waals surface area contributed by atoms with E-state index in [1.807, 2.05) is 6.07 Å². The molecule has 0 aliphatic carbocycles. The Hall–Kier alpha value is -2.58. The van der Waals surface area contributed by atoms with E-state index >= 15 is 0 Å². The number of carbonyl (C=O) groups is 2. The van der Waals surface area contributed by atoms with Crippen LogP contribution < -0.4 is 15.5 Å². The van der Waals surface area contributed by atoms with Crippen molar-refractivity contribution in [1.82, 2.24) is 15.3 Å². The highest BCUT2D eigenvalue weighted by Crippen LogP contribution is 2.45. The Labute approximate surface area is 176 Å². The van der Waals surface area contributed by atoms with Crippen molar-refractivity contribution in [3.63, 3.8) is 0 Å². The van der Waals surface area contributed by atoms with Crippen molar-refractivity contribution in [2.24, 2.45) is 0 Å². The fraction of sp³-hybridized carbons (Fsp3) is 0.300. The lowest BCUT2D eigenvalue weighted by Crippen LogP contribution is -2.44. The van der Waals surface area contributed by atoms with E-state index in [1.165, 1.54) is 11.3 Å². The molecule has 29 heavy (non-hydrogen) atoms. The molecule has 3 aliphatic heterocycles. The van der Waals surface area contributed by atoms with Crippen LogP contribution in [-0.4, -0.2) is 40.7 Å². The maximum Gasteiger partial charge on any atom is 0.290 e. The van der Waals surface area contributed by atoms with Crippen LogP contribution in [0.3, 0.4) is 0 Å². The summed E-state index contributed by atoms with van der Waals surface area (Å²) >= 11 is 7.13. The first-order chi connectivity index (χ1) is 14.0. The number of imide groups is 1. The van der Waals surface area contributed by atoms with Gasteiger partial charge in [0, 0.05) is 42.0 Å². The molecule has 2 saturated heterocycles. The third kappa shape index (κ3) is 3.36. The van der Waals surface area contributed by atoms with Crippen LogP contribution in [0.4, 0.5) is 16.4 Å². The first-order valence-electron chi connectivity index (χ1n) is 9.39. The zero-order valence-corrected chi connectivity index (χ0v) is 17.0. The molecule has 0 saturated carbocycles. The number of piperidine rings is 1. The zero-order valence-electron chi connectivity index (χ0n) is 15.4. The molecular formula is C20H18ClN5O2S. The average Bonchev–Trinajstić information content (AvgIpc) is 3.22. The topological polar surface area (TPSA) is 87.2 Å². The van der Waals surface area contributed by atoms with Gasteiger partial charge >= 0.3 is 0 Å². The molecule has 7 nitrogen and oxygen atoms in total. The Kier molecular flexibility index (Phi) is 4.48. The van der Waals surface area contributed by atoms with E-state index in [2.05, 4.69) is 37.6 Å². The number of hydrogen-bond donors (Lipinski definition) is 2. The van der Waals surface area contributed by atoms with Crippen LogP contribution in [0.15, 0.2) is 35.4 Å². The number of halogens is 1. The lowest BCUT2D eigenvalue weighted by molar-refractivity contribution is -0.115. The summed E-state index contributed by atoms with van der Waals surface area (Å²) in [6, 6.07) is 7.80. The number of nitrogens with zero attached hydrogens (tertiary/aromatic N) is 3. The van der Waals surface area contributed by atoms with Crippen molar-refractivity contribution in [2.45, 2.75) is 18.3 Å². The summed E-state index contributed by atoms with van der Waals surface area (Å²) in [4.78, 5) is 34.6. The predicted molar refractivity (Wildman–Crippen MR) is 114 cm³/mol. The van der Waals surface area contributed by atoms with Gasteiger partial charge in [-0.1, -0.05) is 11.6 Å². The van der Waals surface area contributed by atoms with E-state index in [1.54, 1.807) is 18.3 Å². The standard InChI is InChI=1S/C20H18ClN5O2S/c21-12-1-2-15-14(9-12)20(11-23-15)4-7-26(8-5-20)18-22-6-3-13(24-18)10-16-17(27)25-19(28)29-16/h1-3,6,9-10,23H,4-5,7-8,11H2,(H,25,27,28)/b16-10+. The van der Waals surface area contributed by atoms with Gasteiger partial charge in [-0.3, -0.25) is 14.9 Å². The summed E-state index contributed by atoms with van der Waals surface area (Å²) in [7, 11) is 0. The van der Waals surface area contributed by atoms with Gasteiger partial charge in [0.15, 0.2) is 0 Å². The number of rotatable bonds is 2. The Bertz CT molecular complexity index is 1050. The quantitative estimate of drug-likeness (QED) is 0.710. The van der Waals surface area contributed by atoms with Crippen LogP contribution in [0.2, 0.25) is 5.02 Å². The Morgan fingerprint density at radius 3 is 2.79 bits per heavy atom. The third-order valence-electron chi connectivity index (χ3n) is 5.76. The highest BCUT2D eigenvalue weighted by molar-refractivity contribution is 8.18. The molecule has 2 amide bonds. The number of benzene rings is 1. The number of nitrogens with one attached hydrogen (secondary N) is 2. The second kappa shape index (κ2) is 7.03. The molecule has 5 rings (SSSR count). The SMILES string of the molecule is O=C1NC(=O)/C(=C\c2ccnc(N3CCC4(CC3)CNc3ccc(Cl)cc34)n2)S1. The summed E-state index contributed by atoms with van der Waals surface area (Å²) in [5.41, 5.74) is 3.19. The Morgan fingerprint density at radius 1 is 1.21 bits per heavy atom. The van der Waals surface area contributed by atoms with E-state index < -0.39 is 0 Å². The molecule has 1 aromatic carbocycles. The van der Waals surface area contributed by atoms with Crippen molar-refractivity contribution in [2.75, 3.05) is 29.9 Å². The number of hydrogen-bond acceptors (Lipinski definition) is 7. The molecule has 2 fully saturated rings.